The number of aromatic carboxylic acids is 1. The molecular weight excluding hydrogens is 340 g/mol. The Hall–Kier alpha value is -2.67. The molecule has 2 amide bonds. The number of rotatable bonds is 4. The molecule has 1 fully saturated rings. The first-order valence-corrected chi connectivity index (χ1v) is 8.84. The van der Waals surface area contributed by atoms with Gasteiger partial charge in [0.15, 0.2) is 0 Å². The van der Waals surface area contributed by atoms with Gasteiger partial charge in [-0.1, -0.05) is 18.2 Å². The van der Waals surface area contributed by atoms with E-state index in [1.54, 1.807) is 11.0 Å². The number of amides is 2. The van der Waals surface area contributed by atoms with E-state index in [4.69, 9.17) is 5.11 Å². The second-order valence-corrected chi connectivity index (χ2v) is 6.97. The van der Waals surface area contributed by atoms with Crippen molar-refractivity contribution in [3.05, 3.63) is 52.2 Å². The molecule has 1 saturated heterocycles. The number of hydrogen-bond acceptors (Lipinski definition) is 4. The lowest BCUT2D eigenvalue weighted by Crippen LogP contribution is -2.41. The molecule has 0 spiro atoms. The van der Waals surface area contributed by atoms with Gasteiger partial charge in [0.2, 0.25) is 5.91 Å². The minimum Gasteiger partial charge on any atom is -0.477 e. The molecule has 3 rings (SSSR count). The first kappa shape index (κ1) is 17.2. The number of thiophene rings is 1. The van der Waals surface area contributed by atoms with Crippen molar-refractivity contribution in [2.75, 3.05) is 18.4 Å². The molecule has 25 heavy (non-hydrogen) atoms. The van der Waals surface area contributed by atoms with Crippen LogP contribution in [0.25, 0.3) is 0 Å². The molecule has 130 valence electrons. The number of piperidine rings is 1. The zero-order valence-corrected chi connectivity index (χ0v) is 14.3. The SMILES string of the molecule is O=C(O)c1ccc(C(=O)N2CCC(C(=O)Nc3ccccc3)CC2)s1. The van der Waals surface area contributed by atoms with Gasteiger partial charge in [-0.25, -0.2) is 4.79 Å². The van der Waals surface area contributed by atoms with Crippen LogP contribution in [0.5, 0.6) is 0 Å². The van der Waals surface area contributed by atoms with Gasteiger partial charge in [-0.15, -0.1) is 11.3 Å². The van der Waals surface area contributed by atoms with Crippen LogP contribution in [-0.4, -0.2) is 40.9 Å². The minimum atomic E-state index is -1.03. The largest absolute Gasteiger partial charge is 0.477 e. The summed E-state index contributed by atoms with van der Waals surface area (Å²) in [7, 11) is 0. The maximum atomic E-state index is 12.4. The smallest absolute Gasteiger partial charge is 0.345 e. The molecule has 1 aromatic carbocycles. The molecule has 0 bridgehead atoms. The van der Waals surface area contributed by atoms with E-state index in [9.17, 15) is 14.4 Å². The first-order valence-electron chi connectivity index (χ1n) is 8.03. The van der Waals surface area contributed by atoms with E-state index in [-0.39, 0.29) is 22.6 Å². The van der Waals surface area contributed by atoms with Crippen molar-refractivity contribution in [2.45, 2.75) is 12.8 Å². The summed E-state index contributed by atoms with van der Waals surface area (Å²) in [6, 6.07) is 12.3. The van der Waals surface area contributed by atoms with Gasteiger partial charge in [-0.2, -0.15) is 0 Å². The van der Waals surface area contributed by atoms with Gasteiger partial charge < -0.3 is 15.3 Å². The highest BCUT2D eigenvalue weighted by Gasteiger charge is 2.28. The second kappa shape index (κ2) is 7.48. The number of nitrogens with zero attached hydrogens (tertiary/aromatic N) is 1. The average molecular weight is 358 g/mol. The van der Waals surface area contributed by atoms with Crippen molar-refractivity contribution in [3.63, 3.8) is 0 Å². The molecule has 7 heteroatoms. The summed E-state index contributed by atoms with van der Waals surface area (Å²) in [5, 5.41) is 11.8. The van der Waals surface area contributed by atoms with Crippen LogP contribution in [0, 0.1) is 5.92 Å². The first-order chi connectivity index (χ1) is 12.0. The van der Waals surface area contributed by atoms with Crippen molar-refractivity contribution >= 4 is 34.8 Å². The highest BCUT2D eigenvalue weighted by molar-refractivity contribution is 7.15. The Morgan fingerprint density at radius 1 is 1.00 bits per heavy atom. The van der Waals surface area contributed by atoms with E-state index in [0.717, 1.165) is 17.0 Å². The Kier molecular flexibility index (Phi) is 5.14. The fraction of sp³-hybridized carbons (Fsp3) is 0.278. The number of likely N-dealkylation sites (tertiary alicyclic amines) is 1. The Morgan fingerprint density at radius 3 is 2.24 bits per heavy atom. The van der Waals surface area contributed by atoms with E-state index < -0.39 is 5.97 Å². The Bertz CT molecular complexity index is 779. The lowest BCUT2D eigenvalue weighted by atomic mass is 9.95. The standard InChI is InChI=1S/C18H18N2O4S/c21-16(19-13-4-2-1-3-5-13)12-8-10-20(11-9-12)17(22)14-6-7-15(25-14)18(23)24/h1-7,12H,8-11H2,(H,19,21)(H,23,24). The number of anilines is 1. The highest BCUT2D eigenvalue weighted by atomic mass is 32.1. The number of carboxylic acid groups (broad SMARTS) is 1. The number of carbonyl (C=O) groups excluding carboxylic acids is 2. The van der Waals surface area contributed by atoms with Crippen molar-refractivity contribution in [2.24, 2.45) is 5.92 Å². The monoisotopic (exact) mass is 358 g/mol. The van der Waals surface area contributed by atoms with E-state index in [2.05, 4.69) is 5.32 Å². The van der Waals surface area contributed by atoms with Crippen molar-refractivity contribution in [3.8, 4) is 0 Å². The molecule has 2 heterocycles. The number of benzene rings is 1. The summed E-state index contributed by atoms with van der Waals surface area (Å²) in [6.45, 7) is 0.984. The number of carbonyl (C=O) groups is 3. The molecule has 0 atom stereocenters. The molecule has 2 N–H and O–H groups in total. The van der Waals surface area contributed by atoms with Gasteiger partial charge in [-0.05, 0) is 37.1 Å². The number of para-hydroxylation sites is 1. The van der Waals surface area contributed by atoms with Gasteiger partial charge in [0.25, 0.3) is 5.91 Å². The minimum absolute atomic E-state index is 0.0254. The molecule has 1 aliphatic rings. The van der Waals surface area contributed by atoms with E-state index in [0.29, 0.717) is 30.8 Å². The van der Waals surface area contributed by atoms with Crippen molar-refractivity contribution in [1.82, 2.24) is 4.90 Å². The van der Waals surface area contributed by atoms with Crippen LogP contribution < -0.4 is 5.32 Å². The fourth-order valence-electron chi connectivity index (χ4n) is 2.83. The molecule has 0 aliphatic carbocycles. The van der Waals surface area contributed by atoms with Gasteiger partial charge in [-0.3, -0.25) is 9.59 Å². The fourth-order valence-corrected chi connectivity index (χ4v) is 3.65. The number of hydrogen-bond donors (Lipinski definition) is 2. The van der Waals surface area contributed by atoms with Gasteiger partial charge in [0.05, 0.1) is 4.88 Å². The summed E-state index contributed by atoms with van der Waals surface area (Å²) in [5.74, 6) is -1.34. The van der Waals surface area contributed by atoms with E-state index in [1.165, 1.54) is 6.07 Å². The Morgan fingerprint density at radius 2 is 1.64 bits per heavy atom. The number of nitrogens with one attached hydrogen (secondary N) is 1. The molecule has 0 radical (unpaired) electrons. The van der Waals surface area contributed by atoms with Gasteiger partial charge in [0, 0.05) is 24.7 Å². The molecule has 2 aromatic rings. The van der Waals surface area contributed by atoms with Gasteiger partial charge >= 0.3 is 5.97 Å². The summed E-state index contributed by atoms with van der Waals surface area (Å²) >= 11 is 0.982. The topological polar surface area (TPSA) is 86.7 Å². The lowest BCUT2D eigenvalue weighted by molar-refractivity contribution is -0.121. The normalized spacial score (nSPS) is 15.0. The summed E-state index contributed by atoms with van der Waals surface area (Å²) in [6.07, 6.45) is 1.20. The van der Waals surface area contributed by atoms with Gasteiger partial charge in [0.1, 0.15) is 4.88 Å². The van der Waals surface area contributed by atoms with Crippen LogP contribution in [0.2, 0.25) is 0 Å². The predicted octanol–water partition coefficient (Wildman–Crippen LogP) is 2.94. The molecule has 1 aliphatic heterocycles. The number of carboxylic acids is 1. The third-order valence-electron chi connectivity index (χ3n) is 4.22. The maximum absolute atomic E-state index is 12.4. The van der Waals surface area contributed by atoms with E-state index >= 15 is 0 Å². The summed E-state index contributed by atoms with van der Waals surface area (Å²) in [4.78, 5) is 37.9. The molecule has 0 unspecified atom stereocenters. The third kappa shape index (κ3) is 4.06. The molecular formula is C18H18N2O4S. The van der Waals surface area contributed by atoms with Crippen LogP contribution in [-0.2, 0) is 4.79 Å². The predicted molar refractivity (Wildman–Crippen MR) is 95.0 cm³/mol. The van der Waals surface area contributed by atoms with Crippen LogP contribution in [0.15, 0.2) is 42.5 Å². The third-order valence-corrected chi connectivity index (χ3v) is 5.28. The van der Waals surface area contributed by atoms with Crippen LogP contribution in [0.3, 0.4) is 0 Å². The van der Waals surface area contributed by atoms with Crippen molar-refractivity contribution < 1.29 is 19.5 Å². The summed E-state index contributed by atoms with van der Waals surface area (Å²) in [5.41, 5.74) is 0.769. The van der Waals surface area contributed by atoms with Crippen LogP contribution in [0.4, 0.5) is 5.69 Å². The zero-order chi connectivity index (χ0) is 17.8. The maximum Gasteiger partial charge on any atom is 0.345 e. The van der Waals surface area contributed by atoms with E-state index in [1.807, 2.05) is 30.3 Å². The Labute approximate surface area is 149 Å². The average Bonchev–Trinajstić information content (AvgIpc) is 3.12. The van der Waals surface area contributed by atoms with Crippen LogP contribution in [0.1, 0.15) is 32.2 Å². The molecule has 6 nitrogen and oxygen atoms in total. The lowest BCUT2D eigenvalue weighted by Gasteiger charge is -2.31. The zero-order valence-electron chi connectivity index (χ0n) is 13.5. The molecule has 1 aromatic heterocycles. The quantitative estimate of drug-likeness (QED) is 0.880. The van der Waals surface area contributed by atoms with Crippen molar-refractivity contribution in [1.29, 1.82) is 0 Å². The molecule has 0 saturated carbocycles. The second-order valence-electron chi connectivity index (χ2n) is 5.89. The summed E-state index contributed by atoms with van der Waals surface area (Å²) < 4.78 is 0. The Balaban J connectivity index is 1.55. The highest BCUT2D eigenvalue weighted by Crippen LogP contribution is 2.24. The van der Waals surface area contributed by atoms with Crippen LogP contribution >= 0.6 is 11.3 Å².